The Kier molecular flexibility index (Phi) is 3.01. The standard InChI is InChI=1S/C16H20BrNO/c1-16(2)9-14-12(6-7-15(19)18(14)3)11-5-4-10(17)8-13(11)16/h4-5,8,12,14H,6-7,9H2,1-3H3. The third-order valence-corrected chi connectivity index (χ3v) is 5.38. The average molecular weight is 322 g/mol. The molecule has 2 nitrogen and oxygen atoms in total. The van der Waals surface area contributed by atoms with Crippen molar-refractivity contribution in [3.05, 3.63) is 33.8 Å². The molecule has 19 heavy (non-hydrogen) atoms. The molecule has 2 atom stereocenters. The third kappa shape index (κ3) is 2.03. The molecule has 3 heteroatoms. The number of benzene rings is 1. The lowest BCUT2D eigenvalue weighted by Crippen LogP contribution is -2.50. The van der Waals surface area contributed by atoms with Crippen LogP contribution in [0, 0.1) is 0 Å². The molecule has 1 aromatic carbocycles. The van der Waals surface area contributed by atoms with Gasteiger partial charge in [-0.1, -0.05) is 35.8 Å². The van der Waals surface area contributed by atoms with Crippen LogP contribution in [0.25, 0.3) is 0 Å². The topological polar surface area (TPSA) is 20.3 Å². The van der Waals surface area contributed by atoms with Gasteiger partial charge >= 0.3 is 0 Å². The molecular weight excluding hydrogens is 302 g/mol. The summed E-state index contributed by atoms with van der Waals surface area (Å²) in [5, 5.41) is 0. The van der Waals surface area contributed by atoms with Gasteiger partial charge in [-0.15, -0.1) is 0 Å². The van der Waals surface area contributed by atoms with Gasteiger partial charge in [0.15, 0.2) is 0 Å². The van der Waals surface area contributed by atoms with E-state index in [9.17, 15) is 4.79 Å². The van der Waals surface area contributed by atoms with Crippen LogP contribution in [0.4, 0.5) is 0 Å². The minimum atomic E-state index is 0.131. The highest BCUT2D eigenvalue weighted by Gasteiger charge is 2.44. The van der Waals surface area contributed by atoms with Gasteiger partial charge in [0.25, 0.3) is 0 Å². The SMILES string of the molecule is CN1C(=O)CCC2c3ccc(Br)cc3C(C)(C)CC21. The number of carbonyl (C=O) groups is 1. The highest BCUT2D eigenvalue weighted by Crippen LogP contribution is 2.48. The Hall–Kier alpha value is -0.830. The Morgan fingerprint density at radius 2 is 2.11 bits per heavy atom. The van der Waals surface area contributed by atoms with Crippen LogP contribution in [-0.2, 0) is 10.2 Å². The molecule has 1 saturated heterocycles. The second-order valence-electron chi connectivity index (χ2n) is 6.54. The van der Waals surface area contributed by atoms with Gasteiger partial charge < -0.3 is 4.90 Å². The van der Waals surface area contributed by atoms with E-state index >= 15 is 0 Å². The number of amides is 1. The second kappa shape index (κ2) is 4.34. The summed E-state index contributed by atoms with van der Waals surface area (Å²) >= 11 is 3.59. The quantitative estimate of drug-likeness (QED) is 0.711. The summed E-state index contributed by atoms with van der Waals surface area (Å²) in [6, 6.07) is 7.02. The van der Waals surface area contributed by atoms with Crippen molar-refractivity contribution < 1.29 is 4.79 Å². The van der Waals surface area contributed by atoms with Crippen LogP contribution in [0.15, 0.2) is 22.7 Å². The number of nitrogens with zero attached hydrogens (tertiary/aromatic N) is 1. The number of rotatable bonds is 0. The molecule has 1 aromatic rings. The van der Waals surface area contributed by atoms with Crippen molar-refractivity contribution in [2.45, 2.75) is 50.5 Å². The van der Waals surface area contributed by atoms with E-state index in [4.69, 9.17) is 0 Å². The van der Waals surface area contributed by atoms with E-state index in [0.29, 0.717) is 24.3 Å². The molecule has 0 radical (unpaired) electrons. The van der Waals surface area contributed by atoms with E-state index in [1.165, 1.54) is 11.1 Å². The molecule has 0 saturated carbocycles. The minimum Gasteiger partial charge on any atom is -0.342 e. The Bertz CT molecular complexity index is 538. The zero-order chi connectivity index (χ0) is 13.8. The number of hydrogen-bond acceptors (Lipinski definition) is 1. The van der Waals surface area contributed by atoms with E-state index in [0.717, 1.165) is 17.3 Å². The summed E-state index contributed by atoms with van der Waals surface area (Å²) in [6.45, 7) is 4.59. The maximum Gasteiger partial charge on any atom is 0.222 e. The largest absolute Gasteiger partial charge is 0.342 e. The van der Waals surface area contributed by atoms with Crippen molar-refractivity contribution in [1.29, 1.82) is 0 Å². The molecule has 2 aliphatic rings. The Morgan fingerprint density at radius 1 is 1.37 bits per heavy atom. The number of likely N-dealkylation sites (tertiary alicyclic amines) is 1. The summed E-state index contributed by atoms with van der Waals surface area (Å²) in [7, 11) is 1.97. The van der Waals surface area contributed by atoms with E-state index < -0.39 is 0 Å². The summed E-state index contributed by atoms with van der Waals surface area (Å²) in [4.78, 5) is 13.9. The van der Waals surface area contributed by atoms with E-state index in [2.05, 4.69) is 48.0 Å². The minimum absolute atomic E-state index is 0.131. The average Bonchev–Trinajstić information content (AvgIpc) is 2.35. The number of hydrogen-bond donors (Lipinski definition) is 0. The number of halogens is 1. The monoisotopic (exact) mass is 321 g/mol. The normalized spacial score (nSPS) is 28.8. The van der Waals surface area contributed by atoms with Gasteiger partial charge in [-0.3, -0.25) is 4.79 Å². The zero-order valence-electron chi connectivity index (χ0n) is 11.7. The third-order valence-electron chi connectivity index (χ3n) is 4.89. The Morgan fingerprint density at radius 3 is 2.84 bits per heavy atom. The fraction of sp³-hybridized carbons (Fsp3) is 0.562. The lowest BCUT2D eigenvalue weighted by atomic mass is 9.64. The molecule has 0 aromatic heterocycles. The van der Waals surface area contributed by atoms with E-state index in [1.807, 2.05) is 11.9 Å². The Labute approximate surface area is 123 Å². The van der Waals surface area contributed by atoms with Crippen molar-refractivity contribution in [3.63, 3.8) is 0 Å². The van der Waals surface area contributed by atoms with Crippen molar-refractivity contribution in [2.75, 3.05) is 7.05 Å². The summed E-state index contributed by atoms with van der Waals surface area (Å²) in [5.41, 5.74) is 3.03. The molecule has 1 aliphatic carbocycles. The first-order valence-electron chi connectivity index (χ1n) is 6.96. The molecule has 102 valence electrons. The highest BCUT2D eigenvalue weighted by atomic mass is 79.9. The molecule has 3 rings (SSSR count). The molecule has 1 amide bonds. The van der Waals surface area contributed by atoms with Crippen LogP contribution in [0.1, 0.15) is 50.2 Å². The smallest absolute Gasteiger partial charge is 0.222 e. The zero-order valence-corrected chi connectivity index (χ0v) is 13.3. The number of piperidine rings is 1. The van der Waals surface area contributed by atoms with Gasteiger partial charge in [-0.25, -0.2) is 0 Å². The molecule has 1 aliphatic heterocycles. The van der Waals surface area contributed by atoms with Crippen LogP contribution in [-0.4, -0.2) is 23.9 Å². The lowest BCUT2D eigenvalue weighted by Gasteiger charge is -2.48. The van der Waals surface area contributed by atoms with Gasteiger partial charge in [-0.2, -0.15) is 0 Å². The van der Waals surface area contributed by atoms with Crippen LogP contribution >= 0.6 is 15.9 Å². The van der Waals surface area contributed by atoms with Crippen molar-refractivity contribution >= 4 is 21.8 Å². The van der Waals surface area contributed by atoms with Crippen LogP contribution in [0.2, 0.25) is 0 Å². The van der Waals surface area contributed by atoms with Crippen LogP contribution < -0.4 is 0 Å². The second-order valence-corrected chi connectivity index (χ2v) is 7.45. The lowest BCUT2D eigenvalue weighted by molar-refractivity contribution is -0.136. The van der Waals surface area contributed by atoms with Gasteiger partial charge in [0.1, 0.15) is 0 Å². The number of fused-ring (bicyclic) bond motifs is 3. The maximum atomic E-state index is 11.9. The van der Waals surface area contributed by atoms with Gasteiger partial charge in [0.2, 0.25) is 5.91 Å². The van der Waals surface area contributed by atoms with Gasteiger partial charge in [0, 0.05) is 29.9 Å². The highest BCUT2D eigenvalue weighted by molar-refractivity contribution is 9.10. The molecule has 0 spiro atoms. The maximum absolute atomic E-state index is 11.9. The molecule has 2 unspecified atom stereocenters. The van der Waals surface area contributed by atoms with Crippen molar-refractivity contribution in [1.82, 2.24) is 4.90 Å². The summed E-state index contributed by atoms with van der Waals surface area (Å²) < 4.78 is 1.15. The fourth-order valence-corrected chi connectivity index (χ4v) is 4.18. The predicted octanol–water partition coefficient (Wildman–Crippen LogP) is 3.83. The predicted molar refractivity (Wildman–Crippen MR) is 80.3 cm³/mol. The van der Waals surface area contributed by atoms with E-state index in [1.54, 1.807) is 0 Å². The first-order valence-corrected chi connectivity index (χ1v) is 7.75. The molecule has 0 bridgehead atoms. The first kappa shape index (κ1) is 13.2. The fourth-order valence-electron chi connectivity index (χ4n) is 3.82. The van der Waals surface area contributed by atoms with Crippen molar-refractivity contribution in [2.24, 2.45) is 0 Å². The van der Waals surface area contributed by atoms with Gasteiger partial charge in [-0.05, 0) is 41.5 Å². The number of likely N-dealkylation sites (N-methyl/N-ethyl adjacent to an activating group) is 1. The number of carbonyl (C=O) groups excluding carboxylic acids is 1. The molecular formula is C16H20BrNO. The summed E-state index contributed by atoms with van der Waals surface area (Å²) in [6.07, 6.45) is 2.75. The van der Waals surface area contributed by atoms with Crippen LogP contribution in [0.5, 0.6) is 0 Å². The molecule has 1 heterocycles. The van der Waals surface area contributed by atoms with Crippen LogP contribution in [0.3, 0.4) is 0 Å². The summed E-state index contributed by atoms with van der Waals surface area (Å²) in [5.74, 6) is 0.816. The van der Waals surface area contributed by atoms with Gasteiger partial charge in [0.05, 0.1) is 0 Å². The molecule has 1 fully saturated rings. The Balaban J connectivity index is 2.11. The van der Waals surface area contributed by atoms with Crippen molar-refractivity contribution in [3.8, 4) is 0 Å². The molecule has 0 N–H and O–H groups in total. The van der Waals surface area contributed by atoms with E-state index in [-0.39, 0.29) is 5.41 Å². The first-order chi connectivity index (χ1) is 8.90.